The minimum atomic E-state index is -0.732. The fourth-order valence-corrected chi connectivity index (χ4v) is 7.63. The van der Waals surface area contributed by atoms with Crippen molar-refractivity contribution in [3.63, 3.8) is 0 Å². The second kappa shape index (κ2) is 18.1. The summed E-state index contributed by atoms with van der Waals surface area (Å²) in [6.45, 7) is 4.27. The molecule has 0 atom stereocenters. The summed E-state index contributed by atoms with van der Waals surface area (Å²) in [7, 11) is 1.94. The van der Waals surface area contributed by atoms with E-state index in [1.54, 1.807) is 30.5 Å². The molecule has 0 aliphatic rings. The average Bonchev–Trinajstić information content (AvgIpc) is 3.56. The number of nitrogens with zero attached hydrogens (tertiary/aromatic N) is 2. The molecule has 0 unspecified atom stereocenters. The van der Waals surface area contributed by atoms with Crippen LogP contribution in [0.3, 0.4) is 0 Å². The first kappa shape index (κ1) is 39.7. The van der Waals surface area contributed by atoms with Gasteiger partial charge in [-0.05, 0) is 53.6 Å². The molecule has 6 rings (SSSR count). The molecule has 0 aliphatic heterocycles. The Morgan fingerprint density at radius 1 is 0.821 bits per heavy atom. The standard InChI is InChI=1S/C44H42F2N4O5S/c1-28(2)40(52)35-26-50(25-33-36(45)15-10-16-37(33)46)43-39(41(35)53)34(24-49(3)23-29-11-6-4-7-12-29)42(56-43)31-17-19-32(20-18-31)48-38(51)21-22-47-44(54)55-27-30-13-8-5-9-14-30/h4-20,26,28H,21-25,27H2,1-3H3,(H,47,54)(H,48,51). The van der Waals surface area contributed by atoms with E-state index in [0.717, 1.165) is 21.6 Å². The highest BCUT2D eigenvalue weighted by atomic mass is 32.1. The van der Waals surface area contributed by atoms with Gasteiger partial charge in [0.15, 0.2) is 5.78 Å². The van der Waals surface area contributed by atoms with E-state index in [1.807, 2.05) is 79.8 Å². The summed E-state index contributed by atoms with van der Waals surface area (Å²) in [6, 6.07) is 29.9. The van der Waals surface area contributed by atoms with E-state index in [4.69, 9.17) is 4.74 Å². The van der Waals surface area contributed by atoms with E-state index in [-0.39, 0.29) is 48.9 Å². The molecule has 2 aromatic heterocycles. The molecule has 288 valence electrons. The van der Waals surface area contributed by atoms with Gasteiger partial charge in [0.1, 0.15) is 23.1 Å². The summed E-state index contributed by atoms with van der Waals surface area (Å²) in [5, 5.41) is 5.74. The maximum absolute atomic E-state index is 15.0. The number of ether oxygens (including phenoxy) is 1. The Morgan fingerprint density at radius 3 is 2.11 bits per heavy atom. The van der Waals surface area contributed by atoms with E-state index < -0.39 is 29.1 Å². The molecule has 0 radical (unpaired) electrons. The smallest absolute Gasteiger partial charge is 0.407 e. The minimum Gasteiger partial charge on any atom is -0.445 e. The number of benzene rings is 4. The normalized spacial score (nSPS) is 11.3. The number of thiophene rings is 1. The number of halogens is 2. The Labute approximate surface area is 327 Å². The second-order valence-corrected chi connectivity index (χ2v) is 14.8. The SMILES string of the molecule is CC(C)C(=O)c1cn(Cc2c(F)cccc2F)c2sc(-c3ccc(NC(=O)CCNC(=O)OCc4ccccc4)cc3)c(CN(C)Cc3ccccc3)c2c1=O. The first-order valence-electron chi connectivity index (χ1n) is 18.2. The Balaban J connectivity index is 1.30. The van der Waals surface area contributed by atoms with Crippen LogP contribution in [-0.4, -0.2) is 40.8 Å². The third-order valence-electron chi connectivity index (χ3n) is 9.17. The van der Waals surface area contributed by atoms with Gasteiger partial charge in [0.2, 0.25) is 11.3 Å². The molecule has 56 heavy (non-hydrogen) atoms. The van der Waals surface area contributed by atoms with Crippen molar-refractivity contribution >= 4 is 45.0 Å². The zero-order valence-corrected chi connectivity index (χ0v) is 32.1. The molecule has 0 saturated heterocycles. The molecule has 12 heteroatoms. The molecule has 0 spiro atoms. The Hall–Kier alpha value is -5.98. The van der Waals surface area contributed by atoms with Crippen molar-refractivity contribution < 1.29 is 27.9 Å². The molecule has 0 bridgehead atoms. The van der Waals surface area contributed by atoms with Crippen LogP contribution in [-0.2, 0) is 35.8 Å². The van der Waals surface area contributed by atoms with Gasteiger partial charge < -0.3 is 19.9 Å². The molecule has 2 N–H and O–H groups in total. The number of pyridine rings is 1. The van der Waals surface area contributed by atoms with Gasteiger partial charge in [-0.3, -0.25) is 19.3 Å². The van der Waals surface area contributed by atoms with Crippen molar-refractivity contribution in [3.05, 3.63) is 159 Å². The molecule has 4 aromatic carbocycles. The predicted molar refractivity (Wildman–Crippen MR) is 216 cm³/mol. The van der Waals surface area contributed by atoms with E-state index in [0.29, 0.717) is 34.6 Å². The number of anilines is 1. The zero-order valence-electron chi connectivity index (χ0n) is 31.3. The highest BCUT2D eigenvalue weighted by Crippen LogP contribution is 2.39. The van der Waals surface area contributed by atoms with Crippen LogP contribution < -0.4 is 16.1 Å². The van der Waals surface area contributed by atoms with Crippen LogP contribution in [0, 0.1) is 17.6 Å². The second-order valence-electron chi connectivity index (χ2n) is 13.8. The molecule has 2 amide bonds. The Bertz CT molecular complexity index is 2380. The molecule has 2 heterocycles. The highest BCUT2D eigenvalue weighted by molar-refractivity contribution is 7.22. The predicted octanol–water partition coefficient (Wildman–Crippen LogP) is 8.78. The maximum Gasteiger partial charge on any atom is 0.407 e. The van der Waals surface area contributed by atoms with Gasteiger partial charge in [0.05, 0.1) is 17.5 Å². The number of aromatic nitrogens is 1. The van der Waals surface area contributed by atoms with E-state index in [9.17, 15) is 19.2 Å². The number of nitrogens with one attached hydrogen (secondary N) is 2. The number of carbonyl (C=O) groups is 3. The number of rotatable bonds is 15. The van der Waals surface area contributed by atoms with E-state index >= 15 is 8.78 Å². The number of carbonyl (C=O) groups excluding carboxylic acids is 3. The third kappa shape index (κ3) is 9.63. The summed E-state index contributed by atoms with van der Waals surface area (Å²) in [4.78, 5) is 55.9. The van der Waals surface area contributed by atoms with Crippen molar-refractivity contribution in [3.8, 4) is 10.4 Å². The first-order chi connectivity index (χ1) is 27.0. The molecule has 9 nitrogen and oxygen atoms in total. The van der Waals surface area contributed by atoms with Gasteiger partial charge in [-0.2, -0.15) is 0 Å². The largest absolute Gasteiger partial charge is 0.445 e. The van der Waals surface area contributed by atoms with Crippen LogP contribution in [0.15, 0.2) is 114 Å². The third-order valence-corrected chi connectivity index (χ3v) is 10.5. The summed E-state index contributed by atoms with van der Waals surface area (Å²) in [5.41, 5.74) is 3.20. The van der Waals surface area contributed by atoms with Crippen molar-refractivity contribution in [1.29, 1.82) is 0 Å². The zero-order chi connectivity index (χ0) is 39.8. The summed E-state index contributed by atoms with van der Waals surface area (Å²) < 4.78 is 36.8. The lowest BCUT2D eigenvalue weighted by molar-refractivity contribution is -0.116. The molecule has 0 aliphatic carbocycles. The maximum atomic E-state index is 15.0. The van der Waals surface area contributed by atoms with Crippen LogP contribution in [0.1, 0.15) is 52.9 Å². The van der Waals surface area contributed by atoms with E-state index in [2.05, 4.69) is 15.5 Å². The van der Waals surface area contributed by atoms with Crippen LogP contribution >= 0.6 is 11.3 Å². The monoisotopic (exact) mass is 776 g/mol. The Kier molecular flexibility index (Phi) is 12.8. The minimum absolute atomic E-state index is 0.0166. The Morgan fingerprint density at radius 2 is 1.46 bits per heavy atom. The van der Waals surface area contributed by atoms with Crippen LogP contribution in [0.2, 0.25) is 0 Å². The number of ketones is 1. The first-order valence-corrected chi connectivity index (χ1v) is 19.0. The fourth-order valence-electron chi connectivity index (χ4n) is 6.34. The molecular formula is C44H42F2N4O5S. The van der Waals surface area contributed by atoms with Gasteiger partial charge in [0, 0.05) is 54.3 Å². The van der Waals surface area contributed by atoms with Crippen molar-refractivity contribution in [1.82, 2.24) is 14.8 Å². The summed E-state index contributed by atoms with van der Waals surface area (Å²) in [6.07, 6.45) is 0.817. The summed E-state index contributed by atoms with van der Waals surface area (Å²) >= 11 is 1.30. The highest BCUT2D eigenvalue weighted by Gasteiger charge is 2.26. The summed E-state index contributed by atoms with van der Waals surface area (Å²) in [5.74, 6) is -2.64. The van der Waals surface area contributed by atoms with Gasteiger partial charge in [-0.15, -0.1) is 11.3 Å². The molecule has 0 fully saturated rings. The number of alkyl carbamates (subject to hydrolysis) is 1. The van der Waals surface area contributed by atoms with E-state index in [1.165, 1.54) is 35.7 Å². The quantitative estimate of drug-likeness (QED) is 0.101. The fraction of sp³-hybridized carbons (Fsp3) is 0.227. The number of hydrogen-bond donors (Lipinski definition) is 2. The molecule has 0 saturated carbocycles. The van der Waals surface area contributed by atoms with Gasteiger partial charge >= 0.3 is 6.09 Å². The van der Waals surface area contributed by atoms with Gasteiger partial charge in [-0.25, -0.2) is 13.6 Å². The lowest BCUT2D eigenvalue weighted by atomic mass is 9.99. The number of fused-ring (bicyclic) bond motifs is 1. The van der Waals surface area contributed by atoms with Gasteiger partial charge in [0.25, 0.3) is 0 Å². The van der Waals surface area contributed by atoms with Crippen molar-refractivity contribution in [2.45, 2.75) is 46.5 Å². The number of hydrogen-bond acceptors (Lipinski definition) is 7. The van der Waals surface area contributed by atoms with Gasteiger partial charge in [-0.1, -0.05) is 92.7 Å². The lowest BCUT2D eigenvalue weighted by Gasteiger charge is -2.18. The topological polar surface area (TPSA) is 110 Å². The van der Waals surface area contributed by atoms with Crippen LogP contribution in [0.5, 0.6) is 0 Å². The van der Waals surface area contributed by atoms with Crippen molar-refractivity contribution in [2.24, 2.45) is 5.92 Å². The lowest BCUT2D eigenvalue weighted by Crippen LogP contribution is -2.28. The van der Waals surface area contributed by atoms with Crippen molar-refractivity contribution in [2.75, 3.05) is 18.9 Å². The number of Topliss-reactive ketones (excluding diaryl/α,β-unsaturated/α-hetero) is 1. The molecule has 6 aromatic rings. The van der Waals surface area contributed by atoms with Crippen LogP contribution in [0.25, 0.3) is 20.7 Å². The molecular weight excluding hydrogens is 735 g/mol. The van der Waals surface area contributed by atoms with Crippen LogP contribution in [0.4, 0.5) is 19.3 Å². The average molecular weight is 777 g/mol. The number of amides is 2.